The average Bonchev–Trinajstić information content (AvgIpc) is 2.02. The summed E-state index contributed by atoms with van der Waals surface area (Å²) in [7, 11) is 0. The highest BCUT2D eigenvalue weighted by atomic mass is 16.5. The third-order valence-corrected chi connectivity index (χ3v) is 1.30. The molecule has 3 nitrogen and oxygen atoms in total. The van der Waals surface area contributed by atoms with Gasteiger partial charge in [-0.25, -0.2) is 0 Å². The van der Waals surface area contributed by atoms with Crippen molar-refractivity contribution in [2.45, 2.75) is 53.4 Å². The molecular formula is C10H25NO2. The summed E-state index contributed by atoms with van der Waals surface area (Å²) >= 11 is 0. The fourth-order valence-electron chi connectivity index (χ4n) is 0.703. The van der Waals surface area contributed by atoms with Crippen molar-refractivity contribution in [2.24, 2.45) is 0 Å². The summed E-state index contributed by atoms with van der Waals surface area (Å²) < 4.78 is 4.40. The van der Waals surface area contributed by atoms with Gasteiger partial charge >= 0.3 is 5.97 Å². The maximum Gasteiger partial charge on any atom is 0.302 e. The summed E-state index contributed by atoms with van der Waals surface area (Å²) in [5.41, 5.74) is 0. The van der Waals surface area contributed by atoms with Crippen LogP contribution in [0, 0.1) is 0 Å². The van der Waals surface area contributed by atoms with E-state index in [-0.39, 0.29) is 12.1 Å². The summed E-state index contributed by atoms with van der Waals surface area (Å²) in [6.07, 6.45) is 5.54. The molecule has 82 valence electrons. The maximum atomic E-state index is 9.82. The van der Waals surface area contributed by atoms with E-state index in [9.17, 15) is 4.79 Å². The smallest absolute Gasteiger partial charge is 0.302 e. The monoisotopic (exact) mass is 191 g/mol. The number of unbranched alkanes of at least 4 members (excludes halogenated alkanes) is 3. The molecule has 0 atom stereocenters. The Balaban J connectivity index is -0.000000143. The third-order valence-electron chi connectivity index (χ3n) is 1.30. The summed E-state index contributed by atoms with van der Waals surface area (Å²) in [6, 6.07) is 0. The van der Waals surface area contributed by atoms with Gasteiger partial charge in [0.2, 0.25) is 0 Å². The van der Waals surface area contributed by atoms with Crippen LogP contribution in [0.15, 0.2) is 0 Å². The van der Waals surface area contributed by atoms with E-state index in [1.54, 1.807) is 6.92 Å². The Kier molecular flexibility index (Phi) is 24.6. The molecule has 13 heavy (non-hydrogen) atoms. The Morgan fingerprint density at radius 3 is 1.54 bits per heavy atom. The van der Waals surface area contributed by atoms with Gasteiger partial charge in [0.25, 0.3) is 0 Å². The van der Waals surface area contributed by atoms with Gasteiger partial charge in [-0.05, 0) is 6.92 Å². The van der Waals surface area contributed by atoms with Crippen molar-refractivity contribution in [3.05, 3.63) is 0 Å². The highest BCUT2D eigenvalue weighted by molar-refractivity contribution is 5.65. The van der Waals surface area contributed by atoms with Crippen LogP contribution in [0.3, 0.4) is 0 Å². The summed E-state index contributed by atoms with van der Waals surface area (Å²) in [6.45, 7) is 8.12. The van der Waals surface area contributed by atoms with Crippen molar-refractivity contribution in [1.82, 2.24) is 6.15 Å². The van der Waals surface area contributed by atoms with Crippen LogP contribution in [0.2, 0.25) is 0 Å². The lowest BCUT2D eigenvalue weighted by molar-refractivity contribution is -0.140. The van der Waals surface area contributed by atoms with E-state index in [0.717, 1.165) is 0 Å². The quantitative estimate of drug-likeness (QED) is 0.547. The average molecular weight is 191 g/mol. The molecule has 0 aliphatic carbocycles. The molecule has 0 heterocycles. The van der Waals surface area contributed by atoms with Gasteiger partial charge in [0.1, 0.15) is 0 Å². The second-order valence-corrected chi connectivity index (χ2v) is 2.63. The van der Waals surface area contributed by atoms with Crippen molar-refractivity contribution in [2.75, 3.05) is 6.61 Å². The molecular weight excluding hydrogens is 166 g/mol. The maximum absolute atomic E-state index is 9.82. The predicted octanol–water partition coefficient (Wildman–Crippen LogP) is 3.32. The fraction of sp³-hybridized carbons (Fsp3) is 0.900. The van der Waals surface area contributed by atoms with Gasteiger partial charge < -0.3 is 10.9 Å². The Morgan fingerprint density at radius 2 is 1.46 bits per heavy atom. The molecule has 0 unspecified atom stereocenters. The first kappa shape index (κ1) is 18.3. The van der Waals surface area contributed by atoms with Crippen molar-refractivity contribution in [3.8, 4) is 0 Å². The van der Waals surface area contributed by atoms with E-state index in [1.807, 2.05) is 0 Å². The molecule has 0 aromatic heterocycles. The second kappa shape index (κ2) is 17.5. The number of rotatable bonds is 4. The molecule has 0 saturated heterocycles. The lowest BCUT2D eigenvalue weighted by Crippen LogP contribution is -1.95. The Bertz CT molecular complexity index is 90.9. The molecule has 0 amide bonds. The van der Waals surface area contributed by atoms with E-state index in [4.69, 9.17) is 0 Å². The standard InChI is InChI=1S/C6H14.C4H8O2.H3N/c1-3-5-6-4-2;1-3-6-4(2)5;/h3-6H2,1-2H3;3H2,1-2H3;1H3. The number of ether oxygens (including phenoxy) is 1. The van der Waals surface area contributed by atoms with E-state index < -0.39 is 0 Å². The molecule has 0 aliphatic rings. The van der Waals surface area contributed by atoms with E-state index in [0.29, 0.717) is 6.61 Å². The van der Waals surface area contributed by atoms with E-state index in [2.05, 4.69) is 18.6 Å². The minimum atomic E-state index is -0.211. The van der Waals surface area contributed by atoms with Gasteiger partial charge in [0, 0.05) is 6.92 Å². The lowest BCUT2D eigenvalue weighted by Gasteiger charge is -1.89. The van der Waals surface area contributed by atoms with Crippen LogP contribution < -0.4 is 6.15 Å². The first-order chi connectivity index (χ1) is 5.68. The largest absolute Gasteiger partial charge is 0.466 e. The topological polar surface area (TPSA) is 61.3 Å². The van der Waals surface area contributed by atoms with Crippen LogP contribution in [0.4, 0.5) is 0 Å². The summed E-state index contributed by atoms with van der Waals surface area (Å²) in [4.78, 5) is 9.82. The number of esters is 1. The Labute approximate surface area is 82.4 Å². The molecule has 0 rings (SSSR count). The van der Waals surface area contributed by atoms with Crippen LogP contribution in [0.25, 0.3) is 0 Å². The number of carbonyl (C=O) groups excluding carboxylic acids is 1. The van der Waals surface area contributed by atoms with Gasteiger partial charge in [-0.1, -0.05) is 39.5 Å². The molecule has 0 fully saturated rings. The molecule has 0 saturated carbocycles. The second-order valence-electron chi connectivity index (χ2n) is 2.63. The number of carbonyl (C=O) groups is 1. The van der Waals surface area contributed by atoms with Gasteiger partial charge in [0.05, 0.1) is 6.61 Å². The van der Waals surface area contributed by atoms with Crippen LogP contribution in [-0.2, 0) is 9.53 Å². The molecule has 0 radical (unpaired) electrons. The van der Waals surface area contributed by atoms with E-state index in [1.165, 1.54) is 32.6 Å². The normalized spacial score (nSPS) is 7.69. The van der Waals surface area contributed by atoms with E-state index >= 15 is 0 Å². The fourth-order valence-corrected chi connectivity index (χ4v) is 0.703. The minimum Gasteiger partial charge on any atom is -0.466 e. The molecule has 0 bridgehead atoms. The Hall–Kier alpha value is -0.570. The van der Waals surface area contributed by atoms with Crippen LogP contribution in [0.1, 0.15) is 53.4 Å². The summed E-state index contributed by atoms with van der Waals surface area (Å²) in [5.74, 6) is -0.211. The van der Waals surface area contributed by atoms with Crippen molar-refractivity contribution < 1.29 is 9.53 Å². The van der Waals surface area contributed by atoms with Crippen molar-refractivity contribution in [3.63, 3.8) is 0 Å². The molecule has 3 heteroatoms. The first-order valence-corrected chi connectivity index (χ1v) is 4.82. The van der Waals surface area contributed by atoms with Crippen molar-refractivity contribution >= 4 is 5.97 Å². The lowest BCUT2D eigenvalue weighted by atomic mass is 10.2. The van der Waals surface area contributed by atoms with Gasteiger partial charge in [-0.3, -0.25) is 4.79 Å². The highest BCUT2D eigenvalue weighted by Crippen LogP contribution is 1.95. The predicted molar refractivity (Wildman–Crippen MR) is 57.1 cm³/mol. The third kappa shape index (κ3) is 34.5. The zero-order valence-corrected chi connectivity index (χ0v) is 9.56. The number of hydrogen-bond acceptors (Lipinski definition) is 3. The van der Waals surface area contributed by atoms with Gasteiger partial charge in [-0.15, -0.1) is 0 Å². The molecule has 0 aromatic rings. The summed E-state index contributed by atoms with van der Waals surface area (Å²) in [5, 5.41) is 0. The minimum absolute atomic E-state index is 0. The molecule has 0 aliphatic heterocycles. The van der Waals surface area contributed by atoms with Crippen LogP contribution >= 0.6 is 0 Å². The zero-order chi connectivity index (χ0) is 9.82. The molecule has 0 spiro atoms. The van der Waals surface area contributed by atoms with Gasteiger partial charge in [0.15, 0.2) is 0 Å². The first-order valence-electron chi connectivity index (χ1n) is 4.82. The zero-order valence-electron chi connectivity index (χ0n) is 9.56. The molecule has 0 aromatic carbocycles. The van der Waals surface area contributed by atoms with Crippen LogP contribution in [-0.4, -0.2) is 12.6 Å². The molecule has 3 N–H and O–H groups in total. The SMILES string of the molecule is CCCCCC.CCOC(C)=O.N. The van der Waals surface area contributed by atoms with Crippen LogP contribution in [0.5, 0.6) is 0 Å². The number of hydrogen-bond donors (Lipinski definition) is 1. The van der Waals surface area contributed by atoms with Crippen molar-refractivity contribution in [1.29, 1.82) is 0 Å². The van der Waals surface area contributed by atoms with Gasteiger partial charge in [-0.2, -0.15) is 0 Å². The highest BCUT2D eigenvalue weighted by Gasteiger charge is 1.81. The Morgan fingerprint density at radius 1 is 1.08 bits per heavy atom.